The van der Waals surface area contributed by atoms with Gasteiger partial charge in [-0.05, 0) is 0 Å². The molecule has 0 amide bonds. The van der Waals surface area contributed by atoms with Gasteiger partial charge in [-0.15, -0.1) is 0 Å². The lowest BCUT2D eigenvalue weighted by molar-refractivity contribution is 0.0587. The van der Waals surface area contributed by atoms with Gasteiger partial charge in [-0.25, -0.2) is 22.9 Å². The Morgan fingerprint density at radius 1 is 1.47 bits per heavy atom. The van der Waals surface area contributed by atoms with E-state index in [1.807, 2.05) is 0 Å². The van der Waals surface area contributed by atoms with E-state index in [2.05, 4.69) is 9.72 Å². The first-order valence-electron chi connectivity index (χ1n) is 3.69. The SMILES string of the molecule is COC(=O)c1c(F)cc(C(F)F)nc1F. The molecule has 0 aromatic carbocycles. The molecule has 1 aromatic rings. The molecular weight excluding hydrogens is 218 g/mol. The standard InChI is InChI=1S/C8H5F4NO2/c1-15-8(14)5-3(9)2-4(6(10)11)13-7(5)12/h2,6H,1H3. The number of pyridine rings is 1. The minimum absolute atomic E-state index is 0.292. The second-order valence-corrected chi connectivity index (χ2v) is 2.49. The average Bonchev–Trinajstić information content (AvgIpc) is 2.16. The Hall–Kier alpha value is -1.66. The minimum atomic E-state index is -3.11. The topological polar surface area (TPSA) is 39.2 Å². The van der Waals surface area contributed by atoms with Gasteiger partial charge in [0.2, 0.25) is 5.95 Å². The van der Waals surface area contributed by atoms with Crippen molar-refractivity contribution in [1.29, 1.82) is 0 Å². The highest BCUT2D eigenvalue weighted by Crippen LogP contribution is 2.20. The van der Waals surface area contributed by atoms with Gasteiger partial charge in [-0.3, -0.25) is 0 Å². The maximum absolute atomic E-state index is 13.0. The molecule has 7 heteroatoms. The van der Waals surface area contributed by atoms with Crippen LogP contribution < -0.4 is 0 Å². The van der Waals surface area contributed by atoms with Crippen LogP contribution in [0.15, 0.2) is 6.07 Å². The molecule has 0 saturated carbocycles. The van der Waals surface area contributed by atoms with Gasteiger partial charge in [0.25, 0.3) is 6.43 Å². The van der Waals surface area contributed by atoms with E-state index in [0.29, 0.717) is 6.07 Å². The van der Waals surface area contributed by atoms with Gasteiger partial charge < -0.3 is 4.74 Å². The third-order valence-electron chi connectivity index (χ3n) is 1.56. The lowest BCUT2D eigenvalue weighted by Gasteiger charge is -2.04. The molecule has 0 atom stereocenters. The number of hydrogen-bond acceptors (Lipinski definition) is 3. The quantitative estimate of drug-likeness (QED) is 0.437. The van der Waals surface area contributed by atoms with Crippen molar-refractivity contribution in [3.05, 3.63) is 29.1 Å². The van der Waals surface area contributed by atoms with Crippen LogP contribution in [0.2, 0.25) is 0 Å². The van der Waals surface area contributed by atoms with Crippen LogP contribution in [0.4, 0.5) is 17.6 Å². The fourth-order valence-corrected chi connectivity index (χ4v) is 0.898. The van der Waals surface area contributed by atoms with Crippen LogP contribution in [-0.4, -0.2) is 18.1 Å². The summed E-state index contributed by atoms with van der Waals surface area (Å²) >= 11 is 0. The predicted octanol–water partition coefficient (Wildman–Crippen LogP) is 2.08. The van der Waals surface area contributed by atoms with Gasteiger partial charge in [-0.2, -0.15) is 4.39 Å². The molecule has 1 rings (SSSR count). The van der Waals surface area contributed by atoms with Crippen molar-refractivity contribution < 1.29 is 27.1 Å². The van der Waals surface area contributed by atoms with E-state index < -0.39 is 35.4 Å². The monoisotopic (exact) mass is 223 g/mol. The molecule has 0 aliphatic heterocycles. The summed E-state index contributed by atoms with van der Waals surface area (Å²) in [6, 6.07) is 0.292. The van der Waals surface area contributed by atoms with Crippen molar-refractivity contribution in [1.82, 2.24) is 4.98 Å². The van der Waals surface area contributed by atoms with Gasteiger partial charge in [0.1, 0.15) is 11.5 Å². The maximum Gasteiger partial charge on any atom is 0.345 e. The molecule has 0 saturated heterocycles. The number of aromatic nitrogens is 1. The number of methoxy groups -OCH3 is 1. The van der Waals surface area contributed by atoms with Crippen LogP contribution in [0, 0.1) is 11.8 Å². The molecule has 0 aliphatic carbocycles. The van der Waals surface area contributed by atoms with E-state index in [0.717, 1.165) is 7.11 Å². The lowest BCUT2D eigenvalue weighted by Crippen LogP contribution is -2.11. The van der Waals surface area contributed by atoms with Crippen LogP contribution >= 0.6 is 0 Å². The van der Waals surface area contributed by atoms with Gasteiger partial charge in [0.05, 0.1) is 7.11 Å². The number of carbonyl (C=O) groups excluding carboxylic acids is 1. The number of nitrogens with zero attached hydrogens (tertiary/aromatic N) is 1. The molecule has 1 aromatic heterocycles. The Morgan fingerprint density at radius 2 is 2.07 bits per heavy atom. The zero-order valence-electron chi connectivity index (χ0n) is 7.43. The highest BCUT2D eigenvalue weighted by atomic mass is 19.3. The number of hydrogen-bond donors (Lipinski definition) is 0. The Morgan fingerprint density at radius 3 is 2.47 bits per heavy atom. The Labute approximate surface area is 81.7 Å². The Bertz CT molecular complexity index is 371. The smallest absolute Gasteiger partial charge is 0.345 e. The summed E-state index contributed by atoms with van der Waals surface area (Å²) < 4.78 is 54.0. The molecule has 0 fully saturated rings. The van der Waals surface area contributed by atoms with Gasteiger partial charge in [0.15, 0.2) is 5.56 Å². The van der Waals surface area contributed by atoms with Crippen LogP contribution in [0.3, 0.4) is 0 Å². The Balaban J connectivity index is 3.27. The first-order chi connectivity index (χ1) is 6.97. The van der Waals surface area contributed by atoms with E-state index in [1.54, 1.807) is 0 Å². The van der Waals surface area contributed by atoms with Crippen molar-refractivity contribution >= 4 is 5.97 Å². The average molecular weight is 223 g/mol. The lowest BCUT2D eigenvalue weighted by atomic mass is 10.2. The molecule has 0 aliphatic rings. The summed E-state index contributed by atoms with van der Waals surface area (Å²) in [5.41, 5.74) is -2.15. The number of rotatable bonds is 2. The van der Waals surface area contributed by atoms with E-state index in [-0.39, 0.29) is 0 Å². The summed E-state index contributed by atoms with van der Waals surface area (Å²) in [7, 11) is 0.905. The third-order valence-corrected chi connectivity index (χ3v) is 1.56. The van der Waals surface area contributed by atoms with E-state index in [1.165, 1.54) is 0 Å². The zero-order chi connectivity index (χ0) is 11.6. The van der Waals surface area contributed by atoms with E-state index in [9.17, 15) is 22.4 Å². The van der Waals surface area contributed by atoms with Gasteiger partial charge in [0, 0.05) is 6.07 Å². The second-order valence-electron chi connectivity index (χ2n) is 2.49. The summed E-state index contributed by atoms with van der Waals surface area (Å²) in [5.74, 6) is -4.35. The second kappa shape index (κ2) is 4.24. The molecule has 82 valence electrons. The highest BCUT2D eigenvalue weighted by molar-refractivity contribution is 5.89. The van der Waals surface area contributed by atoms with Crippen molar-refractivity contribution in [2.24, 2.45) is 0 Å². The molecule has 0 N–H and O–H groups in total. The zero-order valence-corrected chi connectivity index (χ0v) is 7.43. The van der Waals surface area contributed by atoms with Crippen molar-refractivity contribution in [3.63, 3.8) is 0 Å². The van der Waals surface area contributed by atoms with Crippen molar-refractivity contribution in [2.45, 2.75) is 6.43 Å². The fourth-order valence-electron chi connectivity index (χ4n) is 0.898. The number of halogens is 4. The molecule has 0 unspecified atom stereocenters. The van der Waals surface area contributed by atoms with E-state index in [4.69, 9.17) is 0 Å². The molecule has 0 spiro atoms. The largest absolute Gasteiger partial charge is 0.465 e. The third kappa shape index (κ3) is 2.23. The molecule has 15 heavy (non-hydrogen) atoms. The van der Waals surface area contributed by atoms with Crippen molar-refractivity contribution in [3.8, 4) is 0 Å². The highest BCUT2D eigenvalue weighted by Gasteiger charge is 2.23. The van der Waals surface area contributed by atoms with Crippen LogP contribution in [0.25, 0.3) is 0 Å². The Kier molecular flexibility index (Phi) is 3.23. The normalized spacial score (nSPS) is 10.5. The number of carbonyl (C=O) groups is 1. The molecule has 0 bridgehead atoms. The summed E-state index contributed by atoms with van der Waals surface area (Å²) in [6.07, 6.45) is -3.11. The predicted molar refractivity (Wildman–Crippen MR) is 40.4 cm³/mol. The van der Waals surface area contributed by atoms with Crippen molar-refractivity contribution in [2.75, 3.05) is 7.11 Å². The van der Waals surface area contributed by atoms with Crippen LogP contribution in [0.1, 0.15) is 22.5 Å². The molecule has 0 radical (unpaired) electrons. The minimum Gasteiger partial charge on any atom is -0.465 e. The fraction of sp³-hybridized carbons (Fsp3) is 0.250. The molecular formula is C8H5F4NO2. The van der Waals surface area contributed by atoms with Gasteiger partial charge in [-0.1, -0.05) is 0 Å². The molecule has 1 heterocycles. The summed E-state index contributed by atoms with van der Waals surface area (Å²) in [6.45, 7) is 0. The van der Waals surface area contributed by atoms with Crippen LogP contribution in [-0.2, 0) is 4.74 Å². The number of alkyl halides is 2. The first-order valence-corrected chi connectivity index (χ1v) is 3.69. The van der Waals surface area contributed by atoms with Gasteiger partial charge >= 0.3 is 5.97 Å². The van der Waals surface area contributed by atoms with E-state index >= 15 is 0 Å². The summed E-state index contributed by atoms with van der Waals surface area (Å²) in [4.78, 5) is 13.6. The molecule has 3 nitrogen and oxygen atoms in total. The maximum atomic E-state index is 13.0. The number of ether oxygens (including phenoxy) is 1. The summed E-state index contributed by atoms with van der Waals surface area (Å²) in [5, 5.41) is 0. The first kappa shape index (κ1) is 11.4. The number of esters is 1. The van der Waals surface area contributed by atoms with Crippen LogP contribution in [0.5, 0.6) is 0 Å².